The van der Waals surface area contributed by atoms with Crippen LogP contribution in [0.3, 0.4) is 0 Å². The van der Waals surface area contributed by atoms with Crippen molar-refractivity contribution < 1.29 is 9.90 Å². The zero-order valence-corrected chi connectivity index (χ0v) is 10.2. The Hall–Kier alpha value is -1.48. The van der Waals surface area contributed by atoms with Gasteiger partial charge in [0.05, 0.1) is 0 Å². The van der Waals surface area contributed by atoms with Crippen LogP contribution in [0.2, 0.25) is 5.02 Å². The molecule has 1 aliphatic heterocycles. The zero-order valence-electron chi connectivity index (χ0n) is 9.40. The molecule has 0 saturated carbocycles. The standard InChI is InChI=1S/C13H14ClNO2/c14-11-5-3-10(4-6-13(16)17)12(9-11)15-7-1-2-8-15/h3-6,9H,1-2,7-8H2,(H,16,17)/b6-4+. The Morgan fingerprint density at radius 1 is 1.35 bits per heavy atom. The molecule has 0 aliphatic carbocycles. The molecule has 0 unspecified atom stereocenters. The van der Waals surface area contributed by atoms with Crippen LogP contribution in [0.5, 0.6) is 0 Å². The van der Waals surface area contributed by atoms with Crippen LogP contribution in [0.1, 0.15) is 18.4 Å². The number of carbonyl (C=O) groups is 1. The summed E-state index contributed by atoms with van der Waals surface area (Å²) in [6, 6.07) is 5.53. The second kappa shape index (κ2) is 5.23. The highest BCUT2D eigenvalue weighted by Crippen LogP contribution is 2.28. The number of hydrogen-bond donors (Lipinski definition) is 1. The lowest BCUT2D eigenvalue weighted by Gasteiger charge is -2.20. The topological polar surface area (TPSA) is 40.5 Å². The third-order valence-electron chi connectivity index (χ3n) is 2.84. The van der Waals surface area contributed by atoms with Crippen LogP contribution >= 0.6 is 11.6 Å². The highest BCUT2D eigenvalue weighted by atomic mass is 35.5. The van der Waals surface area contributed by atoms with Gasteiger partial charge in [0.15, 0.2) is 0 Å². The Morgan fingerprint density at radius 2 is 2.06 bits per heavy atom. The van der Waals surface area contributed by atoms with Gasteiger partial charge >= 0.3 is 5.97 Å². The van der Waals surface area contributed by atoms with Crippen LogP contribution in [-0.2, 0) is 4.79 Å². The highest BCUT2D eigenvalue weighted by Gasteiger charge is 2.15. The number of aliphatic carboxylic acids is 1. The molecule has 1 N–H and O–H groups in total. The van der Waals surface area contributed by atoms with Crippen LogP contribution in [0.15, 0.2) is 24.3 Å². The molecule has 0 atom stereocenters. The number of rotatable bonds is 3. The molecular weight excluding hydrogens is 238 g/mol. The highest BCUT2D eigenvalue weighted by molar-refractivity contribution is 6.31. The Morgan fingerprint density at radius 3 is 2.71 bits per heavy atom. The predicted octanol–water partition coefficient (Wildman–Crippen LogP) is 3.04. The second-order valence-corrected chi connectivity index (χ2v) is 4.51. The van der Waals surface area contributed by atoms with Gasteiger partial charge in [-0.25, -0.2) is 4.79 Å². The first-order valence-corrected chi connectivity index (χ1v) is 6.00. The monoisotopic (exact) mass is 251 g/mol. The van der Waals surface area contributed by atoms with Crippen molar-refractivity contribution in [3.8, 4) is 0 Å². The maximum Gasteiger partial charge on any atom is 0.328 e. The van der Waals surface area contributed by atoms with E-state index in [0.29, 0.717) is 5.02 Å². The Balaban J connectivity index is 2.33. The first-order valence-electron chi connectivity index (χ1n) is 5.62. The van der Waals surface area contributed by atoms with Crippen molar-refractivity contribution in [2.24, 2.45) is 0 Å². The van der Waals surface area contributed by atoms with E-state index in [4.69, 9.17) is 16.7 Å². The minimum absolute atomic E-state index is 0.680. The van der Waals surface area contributed by atoms with Gasteiger partial charge in [-0.05, 0) is 36.6 Å². The van der Waals surface area contributed by atoms with Crippen molar-refractivity contribution in [3.05, 3.63) is 34.9 Å². The Bertz CT molecular complexity index is 451. The number of carboxylic acids is 1. The summed E-state index contributed by atoms with van der Waals surface area (Å²) in [6.07, 6.45) is 5.12. The van der Waals surface area contributed by atoms with E-state index in [0.717, 1.165) is 30.4 Å². The summed E-state index contributed by atoms with van der Waals surface area (Å²) < 4.78 is 0. The van der Waals surface area contributed by atoms with E-state index in [-0.39, 0.29) is 0 Å². The quantitative estimate of drug-likeness (QED) is 0.840. The number of anilines is 1. The second-order valence-electron chi connectivity index (χ2n) is 4.07. The summed E-state index contributed by atoms with van der Waals surface area (Å²) in [7, 11) is 0. The average molecular weight is 252 g/mol. The molecule has 4 heteroatoms. The summed E-state index contributed by atoms with van der Waals surface area (Å²) in [5, 5.41) is 9.34. The summed E-state index contributed by atoms with van der Waals surface area (Å²) in [4.78, 5) is 12.8. The first kappa shape index (κ1) is 12.0. The van der Waals surface area contributed by atoms with E-state index in [9.17, 15) is 4.79 Å². The molecule has 0 spiro atoms. The summed E-state index contributed by atoms with van der Waals surface area (Å²) in [5.41, 5.74) is 1.92. The molecule has 0 aromatic heterocycles. The van der Waals surface area contributed by atoms with Gasteiger partial charge in [0, 0.05) is 29.9 Å². The summed E-state index contributed by atoms with van der Waals surface area (Å²) >= 11 is 5.99. The van der Waals surface area contributed by atoms with Crippen molar-refractivity contribution in [2.45, 2.75) is 12.8 Å². The van der Waals surface area contributed by atoms with Crippen molar-refractivity contribution in [3.63, 3.8) is 0 Å². The van der Waals surface area contributed by atoms with Gasteiger partial charge in [-0.1, -0.05) is 17.7 Å². The van der Waals surface area contributed by atoms with Crippen LogP contribution in [0.25, 0.3) is 6.08 Å². The molecule has 90 valence electrons. The fourth-order valence-corrected chi connectivity index (χ4v) is 2.22. The third kappa shape index (κ3) is 3.01. The average Bonchev–Trinajstić information content (AvgIpc) is 2.80. The van der Waals surface area contributed by atoms with Crippen molar-refractivity contribution in [2.75, 3.05) is 18.0 Å². The number of nitrogens with zero attached hydrogens (tertiary/aromatic N) is 1. The predicted molar refractivity (Wildman–Crippen MR) is 69.6 cm³/mol. The molecule has 0 radical (unpaired) electrons. The normalized spacial score (nSPS) is 15.7. The van der Waals surface area contributed by atoms with Crippen LogP contribution in [0.4, 0.5) is 5.69 Å². The number of carboxylic acid groups (broad SMARTS) is 1. The molecule has 3 nitrogen and oxygen atoms in total. The van der Waals surface area contributed by atoms with E-state index < -0.39 is 5.97 Å². The van der Waals surface area contributed by atoms with E-state index in [1.807, 2.05) is 12.1 Å². The van der Waals surface area contributed by atoms with Gasteiger partial charge in [-0.2, -0.15) is 0 Å². The first-order chi connectivity index (χ1) is 8.16. The minimum atomic E-state index is -0.938. The van der Waals surface area contributed by atoms with E-state index in [1.54, 1.807) is 12.1 Å². The van der Waals surface area contributed by atoms with E-state index >= 15 is 0 Å². The molecular formula is C13H14ClNO2. The maximum atomic E-state index is 10.5. The Labute approximate surface area is 105 Å². The molecule has 1 fully saturated rings. The fourth-order valence-electron chi connectivity index (χ4n) is 2.05. The van der Waals surface area contributed by atoms with Gasteiger partial charge < -0.3 is 10.0 Å². The molecule has 0 amide bonds. The number of hydrogen-bond acceptors (Lipinski definition) is 2. The minimum Gasteiger partial charge on any atom is -0.478 e. The SMILES string of the molecule is O=C(O)/C=C/c1ccc(Cl)cc1N1CCCC1. The lowest BCUT2D eigenvalue weighted by atomic mass is 10.1. The third-order valence-corrected chi connectivity index (χ3v) is 3.08. The van der Waals surface area contributed by atoms with Gasteiger partial charge in [0.25, 0.3) is 0 Å². The fraction of sp³-hybridized carbons (Fsp3) is 0.308. The van der Waals surface area contributed by atoms with Crippen molar-refractivity contribution in [1.29, 1.82) is 0 Å². The van der Waals surface area contributed by atoms with Gasteiger partial charge in [-0.3, -0.25) is 0 Å². The zero-order chi connectivity index (χ0) is 12.3. The van der Waals surface area contributed by atoms with Gasteiger partial charge in [0.1, 0.15) is 0 Å². The van der Waals surface area contributed by atoms with Crippen LogP contribution < -0.4 is 4.90 Å². The smallest absolute Gasteiger partial charge is 0.328 e. The largest absolute Gasteiger partial charge is 0.478 e. The lowest BCUT2D eigenvalue weighted by molar-refractivity contribution is -0.131. The molecule has 1 saturated heterocycles. The van der Waals surface area contributed by atoms with Crippen molar-refractivity contribution in [1.82, 2.24) is 0 Å². The van der Waals surface area contributed by atoms with E-state index in [2.05, 4.69) is 4.90 Å². The molecule has 1 aliphatic rings. The lowest BCUT2D eigenvalue weighted by Crippen LogP contribution is -2.18. The summed E-state index contributed by atoms with van der Waals surface area (Å²) in [6.45, 7) is 2.02. The molecule has 2 rings (SSSR count). The van der Waals surface area contributed by atoms with Crippen molar-refractivity contribution >= 4 is 29.3 Å². The maximum absolute atomic E-state index is 10.5. The Kier molecular flexibility index (Phi) is 3.69. The van der Waals surface area contributed by atoms with Crippen LogP contribution in [0, 0.1) is 0 Å². The molecule has 17 heavy (non-hydrogen) atoms. The van der Waals surface area contributed by atoms with Crippen LogP contribution in [-0.4, -0.2) is 24.2 Å². The number of benzene rings is 1. The molecule has 1 aromatic rings. The molecule has 1 aromatic carbocycles. The number of halogens is 1. The molecule has 1 heterocycles. The van der Waals surface area contributed by atoms with E-state index in [1.165, 1.54) is 12.8 Å². The summed E-state index contributed by atoms with van der Waals surface area (Å²) in [5.74, 6) is -0.938. The van der Waals surface area contributed by atoms with Gasteiger partial charge in [0.2, 0.25) is 0 Å². The van der Waals surface area contributed by atoms with Gasteiger partial charge in [-0.15, -0.1) is 0 Å². The molecule has 0 bridgehead atoms.